The molecule has 0 saturated carbocycles. The molecule has 3 unspecified atom stereocenters. The average molecular weight is 452 g/mol. The van der Waals surface area contributed by atoms with Gasteiger partial charge in [0.1, 0.15) is 31.6 Å². The number of thiol groups is 1. The molecule has 3 aliphatic rings. The van der Waals surface area contributed by atoms with Gasteiger partial charge in [-0.3, -0.25) is 0 Å². The fraction of sp³-hybridized carbons (Fsp3) is 1.00. The van der Waals surface area contributed by atoms with Gasteiger partial charge in [-0.2, -0.15) is 0 Å². The first-order valence-corrected chi connectivity index (χ1v) is 17.4. The molecule has 13 heteroatoms. The van der Waals surface area contributed by atoms with Crippen molar-refractivity contribution >= 4 is 76.4 Å². The van der Waals surface area contributed by atoms with Crippen molar-refractivity contribution in [1.82, 2.24) is 0 Å². The Labute approximate surface area is 161 Å². The molecular formula is C10H19BO5P2S5. The zero-order valence-corrected chi connectivity index (χ0v) is 18.7. The molecule has 0 spiro atoms. The van der Waals surface area contributed by atoms with Crippen molar-refractivity contribution in [2.24, 2.45) is 0 Å². The van der Waals surface area contributed by atoms with Crippen LogP contribution in [0.3, 0.4) is 0 Å². The summed E-state index contributed by atoms with van der Waals surface area (Å²) in [6, 6.07) is -0.0646. The smallest absolute Gasteiger partial charge is 0.272 e. The largest absolute Gasteiger partial charge is 0.376 e. The van der Waals surface area contributed by atoms with Crippen LogP contribution in [0.4, 0.5) is 0 Å². The number of hydrogen-bond acceptors (Lipinski definition) is 9. The van der Waals surface area contributed by atoms with Crippen LogP contribution in [0, 0.1) is 0 Å². The second kappa shape index (κ2) is 8.07. The Morgan fingerprint density at radius 2 is 1.96 bits per heavy atom. The minimum atomic E-state index is -2.21. The second-order valence-electron chi connectivity index (χ2n) is 5.46. The third-order valence-electron chi connectivity index (χ3n) is 3.72. The molecule has 0 bridgehead atoms. The minimum absolute atomic E-state index is 0.0646. The van der Waals surface area contributed by atoms with Gasteiger partial charge in [0.25, 0.3) is 6.48 Å². The minimum Gasteiger partial charge on any atom is -0.376 e. The first-order chi connectivity index (χ1) is 10.8. The van der Waals surface area contributed by atoms with Crippen LogP contribution in [0.5, 0.6) is 0 Å². The van der Waals surface area contributed by atoms with Gasteiger partial charge < -0.3 is 23.5 Å². The molecule has 0 aliphatic carbocycles. The van der Waals surface area contributed by atoms with E-state index in [1.165, 1.54) is 0 Å². The molecule has 0 amide bonds. The van der Waals surface area contributed by atoms with Gasteiger partial charge in [0.05, 0.1) is 23.0 Å². The van der Waals surface area contributed by atoms with Crippen LogP contribution in [0.25, 0.3) is 0 Å². The number of ether oxygens (including phenoxy) is 4. The van der Waals surface area contributed by atoms with Crippen LogP contribution < -0.4 is 0 Å². The molecule has 0 radical (unpaired) electrons. The normalized spacial score (nSPS) is 41.7. The summed E-state index contributed by atoms with van der Waals surface area (Å²) in [5.41, 5.74) is -2.21. The van der Waals surface area contributed by atoms with E-state index in [1.54, 1.807) is 7.11 Å². The zero-order chi connectivity index (χ0) is 16.7. The van der Waals surface area contributed by atoms with Crippen molar-refractivity contribution in [2.45, 2.75) is 30.8 Å². The second-order valence-corrected chi connectivity index (χ2v) is 24.4. The summed E-state index contributed by atoms with van der Waals surface area (Å²) in [6.45, 7) is -0.275. The van der Waals surface area contributed by atoms with E-state index >= 15 is 0 Å². The highest BCUT2D eigenvalue weighted by atomic mass is 33.2. The third kappa shape index (κ3) is 4.93. The predicted octanol–water partition coefficient (Wildman–Crippen LogP) is 2.06. The molecule has 0 aromatic rings. The fourth-order valence-corrected chi connectivity index (χ4v) is 27.4. The van der Waals surface area contributed by atoms with Gasteiger partial charge in [-0.15, -0.1) is 35.0 Å². The van der Waals surface area contributed by atoms with E-state index in [0.29, 0.717) is 6.61 Å². The van der Waals surface area contributed by atoms with Crippen LogP contribution >= 0.6 is 44.9 Å². The zero-order valence-electron chi connectivity index (χ0n) is 12.7. The molecule has 3 fully saturated rings. The van der Waals surface area contributed by atoms with Crippen molar-refractivity contribution < 1.29 is 23.5 Å². The van der Waals surface area contributed by atoms with E-state index in [1.807, 2.05) is 30.6 Å². The molecule has 3 saturated heterocycles. The van der Waals surface area contributed by atoms with Crippen LogP contribution in [0.15, 0.2) is 0 Å². The lowest BCUT2D eigenvalue weighted by Crippen LogP contribution is -2.32. The van der Waals surface area contributed by atoms with Gasteiger partial charge in [-0.1, -0.05) is 23.6 Å². The molecule has 3 aliphatic heterocycles. The molecule has 0 N–H and O–H groups in total. The summed E-state index contributed by atoms with van der Waals surface area (Å²) in [4.78, 5) is 0. The van der Waals surface area contributed by atoms with Crippen molar-refractivity contribution in [2.75, 3.05) is 31.1 Å². The van der Waals surface area contributed by atoms with Gasteiger partial charge in [0, 0.05) is 18.6 Å². The van der Waals surface area contributed by atoms with E-state index in [4.69, 9.17) is 47.1 Å². The SMILES string of the molecule is B[C@@H]1O[C@H](COP(=S)(S)CP2(=S)SCCS2)C2OC(OC)O[C@@H]21. The van der Waals surface area contributed by atoms with E-state index < -0.39 is 16.4 Å². The summed E-state index contributed by atoms with van der Waals surface area (Å²) in [6.07, 6.45) is -0.543. The number of fused-ring (bicyclic) bond motifs is 1. The number of hydrogen-bond donors (Lipinski definition) is 1. The molecule has 23 heavy (non-hydrogen) atoms. The van der Waals surface area contributed by atoms with Crippen LogP contribution in [-0.2, 0) is 47.1 Å². The molecule has 132 valence electrons. The lowest BCUT2D eigenvalue weighted by atomic mass is 9.93. The molecule has 3 heterocycles. The maximum Gasteiger partial charge on any atom is 0.272 e. The molecule has 5 nitrogen and oxygen atoms in total. The maximum atomic E-state index is 5.99. The molecule has 0 aromatic carbocycles. The molecule has 3 rings (SSSR count). The van der Waals surface area contributed by atoms with Crippen LogP contribution in [0.2, 0.25) is 0 Å². The average Bonchev–Trinajstić information content (AvgIpc) is 3.14. The Kier molecular flexibility index (Phi) is 7.00. The lowest BCUT2D eigenvalue weighted by Gasteiger charge is -2.24. The lowest BCUT2D eigenvalue weighted by molar-refractivity contribution is -0.247. The monoisotopic (exact) mass is 452 g/mol. The van der Waals surface area contributed by atoms with Gasteiger partial charge in [0.15, 0.2) is 0 Å². The highest BCUT2D eigenvalue weighted by molar-refractivity contribution is 9.03. The Morgan fingerprint density at radius 1 is 1.30 bits per heavy atom. The van der Waals surface area contributed by atoms with Gasteiger partial charge in [-0.05, 0) is 0 Å². The van der Waals surface area contributed by atoms with Gasteiger partial charge >= 0.3 is 0 Å². The standard InChI is InChI=1S/C10H19BO5P2S5/c1-12-10-15-7-6(14-9(11)8(7)16-10)4-13-17(19,20)5-18(21)22-2-3-23-18/h6-10H,2-5,11H2,1H3,(H,19,20)/t6-,7?,8+,9-,10?/m1/s1. The number of rotatable bonds is 6. The number of methoxy groups -OCH3 is 1. The van der Waals surface area contributed by atoms with Crippen LogP contribution in [-0.4, -0.2) is 69.8 Å². The van der Waals surface area contributed by atoms with Crippen molar-refractivity contribution in [3.8, 4) is 0 Å². The summed E-state index contributed by atoms with van der Waals surface area (Å²) >= 11 is 19.8. The van der Waals surface area contributed by atoms with Crippen molar-refractivity contribution in [1.29, 1.82) is 0 Å². The van der Waals surface area contributed by atoms with E-state index in [9.17, 15) is 0 Å². The first kappa shape index (κ1) is 20.0. The molecule has 6 atom stereocenters. The van der Waals surface area contributed by atoms with E-state index in [-0.39, 0.29) is 24.3 Å². The third-order valence-corrected chi connectivity index (χ3v) is 22.1. The van der Waals surface area contributed by atoms with Crippen LogP contribution in [0.1, 0.15) is 0 Å². The Bertz CT molecular complexity index is 532. The predicted molar refractivity (Wildman–Crippen MR) is 111 cm³/mol. The molecular weight excluding hydrogens is 433 g/mol. The fourth-order valence-electron chi connectivity index (χ4n) is 2.72. The Morgan fingerprint density at radius 3 is 2.61 bits per heavy atom. The summed E-state index contributed by atoms with van der Waals surface area (Å²) in [5.74, 6) is 2.96. The summed E-state index contributed by atoms with van der Waals surface area (Å²) in [5, 5.41) is 0. The molecule has 0 aromatic heterocycles. The highest BCUT2D eigenvalue weighted by Crippen LogP contribution is 2.80. The van der Waals surface area contributed by atoms with Gasteiger partial charge in [0.2, 0.25) is 0 Å². The van der Waals surface area contributed by atoms with Gasteiger partial charge in [-0.25, -0.2) is 0 Å². The van der Waals surface area contributed by atoms with Crippen molar-refractivity contribution in [3.05, 3.63) is 0 Å². The van der Waals surface area contributed by atoms with Crippen molar-refractivity contribution in [3.63, 3.8) is 0 Å². The topological polar surface area (TPSA) is 46.2 Å². The Balaban J connectivity index is 1.55. The summed E-state index contributed by atoms with van der Waals surface area (Å²) < 4.78 is 26.9. The van der Waals surface area contributed by atoms with E-state index in [0.717, 1.165) is 17.4 Å². The quantitative estimate of drug-likeness (QED) is 0.371. The first-order valence-electron chi connectivity index (χ1n) is 7.16. The summed E-state index contributed by atoms with van der Waals surface area (Å²) in [7, 11) is 3.52. The highest BCUT2D eigenvalue weighted by Gasteiger charge is 2.51. The maximum absolute atomic E-state index is 5.99. The Hall–Kier alpha value is 2.21. The van der Waals surface area contributed by atoms with E-state index in [2.05, 4.69) is 12.2 Å².